The minimum Gasteiger partial charge on any atom is -0.462 e. The van der Waals surface area contributed by atoms with Crippen molar-refractivity contribution in [1.82, 2.24) is 0 Å². The molecule has 4 fully saturated rings. The van der Waals surface area contributed by atoms with Crippen molar-refractivity contribution in [3.63, 3.8) is 0 Å². The van der Waals surface area contributed by atoms with Crippen LogP contribution in [0.1, 0.15) is 50.2 Å². The van der Waals surface area contributed by atoms with Gasteiger partial charge in [-0.15, -0.1) is 0 Å². The molecule has 0 bridgehead atoms. The first kappa shape index (κ1) is 21.1. The first-order valence-corrected chi connectivity index (χ1v) is 12.4. The fraction of sp³-hybridized carbons (Fsp3) is 0.667. The molecule has 4 heteroatoms. The smallest absolute Gasteiger partial charge is 0.315 e. The topological polar surface area (TPSA) is 34.0 Å². The number of nitrogens with zero attached hydrogens (tertiary/aromatic N) is 1. The van der Waals surface area contributed by atoms with Gasteiger partial charge in [0.15, 0.2) is 0 Å². The lowest BCUT2D eigenvalue weighted by Gasteiger charge is -2.50. The maximum atomic E-state index is 12.9. The summed E-state index contributed by atoms with van der Waals surface area (Å²) in [6, 6.07) is 6.61. The maximum absolute atomic E-state index is 12.9. The molecule has 5 rings (SSSR count). The number of rotatable bonds is 3. The van der Waals surface area contributed by atoms with Crippen LogP contribution in [0.5, 0.6) is 0 Å². The lowest BCUT2D eigenvalue weighted by Crippen LogP contribution is -3.15. The van der Waals surface area contributed by atoms with Gasteiger partial charge in [0.05, 0.1) is 32.7 Å². The molecule has 168 valence electrons. The standard InChI is InChI=1S/C27H38N2O2/c1-18-7-5-9-24(20(18)3)29-13-11-28(12-14-29)17-22-21-15-23-19(2)8-6-10-27(23,4)16-25(21)31-26(22)30/h5,7,9,21-23,25H,2,6,8,10-17H2,1,3-4H3/p+1/t21-,22-,23-,25-,27-/m1/s1. The number of hydrogen-bond donors (Lipinski definition) is 1. The van der Waals surface area contributed by atoms with Crippen LogP contribution < -0.4 is 9.80 Å². The maximum Gasteiger partial charge on any atom is 0.315 e. The lowest BCUT2D eigenvalue weighted by atomic mass is 9.55. The molecule has 1 aromatic carbocycles. The second kappa shape index (κ2) is 7.95. The van der Waals surface area contributed by atoms with Gasteiger partial charge in [-0.05, 0) is 74.5 Å². The molecule has 4 nitrogen and oxygen atoms in total. The third kappa shape index (κ3) is 3.71. The quantitative estimate of drug-likeness (QED) is 0.598. The summed E-state index contributed by atoms with van der Waals surface area (Å²) in [5, 5.41) is 0. The summed E-state index contributed by atoms with van der Waals surface area (Å²) in [7, 11) is 0. The second-order valence-corrected chi connectivity index (χ2v) is 11.1. The average Bonchev–Trinajstić information content (AvgIpc) is 3.03. The van der Waals surface area contributed by atoms with Crippen molar-refractivity contribution in [3.05, 3.63) is 41.5 Å². The number of hydrogen-bond acceptors (Lipinski definition) is 3. The third-order valence-electron chi connectivity index (χ3n) is 9.22. The molecule has 0 aromatic heterocycles. The summed E-state index contributed by atoms with van der Waals surface area (Å²) in [5.41, 5.74) is 5.85. The number of esters is 1. The molecule has 0 unspecified atom stereocenters. The molecule has 0 amide bonds. The SMILES string of the molecule is C=C1CCC[C@]2(C)C[C@H]3OC(=O)[C@H](C[NH+]4CCN(c5cccc(C)c5C)CC4)[C@H]3C[C@H]12. The van der Waals surface area contributed by atoms with Crippen LogP contribution in [0.2, 0.25) is 0 Å². The van der Waals surface area contributed by atoms with Crippen molar-refractivity contribution in [3.8, 4) is 0 Å². The lowest BCUT2D eigenvalue weighted by molar-refractivity contribution is -0.903. The summed E-state index contributed by atoms with van der Waals surface area (Å²) in [4.78, 5) is 17.0. The zero-order valence-electron chi connectivity index (χ0n) is 19.6. The molecule has 1 N–H and O–H groups in total. The zero-order valence-corrected chi connectivity index (χ0v) is 19.6. The summed E-state index contributed by atoms with van der Waals surface area (Å²) in [6.45, 7) is 16.5. The van der Waals surface area contributed by atoms with E-state index in [2.05, 4.69) is 50.4 Å². The van der Waals surface area contributed by atoms with Gasteiger partial charge in [-0.2, -0.15) is 0 Å². The minimum atomic E-state index is 0.0755. The van der Waals surface area contributed by atoms with Crippen LogP contribution >= 0.6 is 0 Å². The normalized spacial score (nSPS) is 36.2. The van der Waals surface area contributed by atoms with E-state index in [-0.39, 0.29) is 23.4 Å². The molecule has 2 aliphatic carbocycles. The Labute approximate surface area is 187 Å². The van der Waals surface area contributed by atoms with Crippen LogP contribution in [0.25, 0.3) is 0 Å². The first-order valence-electron chi connectivity index (χ1n) is 12.4. The summed E-state index contributed by atoms with van der Waals surface area (Å²) < 4.78 is 6.00. The highest BCUT2D eigenvalue weighted by Crippen LogP contribution is 2.56. The Morgan fingerprint density at radius 2 is 2.03 bits per heavy atom. The highest BCUT2D eigenvalue weighted by Gasteiger charge is 2.56. The van der Waals surface area contributed by atoms with Gasteiger partial charge >= 0.3 is 5.97 Å². The summed E-state index contributed by atoms with van der Waals surface area (Å²) in [5.74, 6) is 1.12. The van der Waals surface area contributed by atoms with E-state index in [0.29, 0.717) is 11.8 Å². The van der Waals surface area contributed by atoms with Crippen LogP contribution in [0, 0.1) is 37.0 Å². The van der Waals surface area contributed by atoms with E-state index in [1.807, 2.05) is 0 Å². The van der Waals surface area contributed by atoms with Gasteiger partial charge in [0, 0.05) is 11.6 Å². The Kier molecular flexibility index (Phi) is 5.40. The summed E-state index contributed by atoms with van der Waals surface area (Å²) in [6.07, 6.45) is 5.96. The molecule has 2 saturated carbocycles. The number of anilines is 1. The predicted octanol–water partition coefficient (Wildman–Crippen LogP) is 3.32. The average molecular weight is 424 g/mol. The number of benzene rings is 1. The van der Waals surface area contributed by atoms with Gasteiger partial charge in [-0.25, -0.2) is 0 Å². The summed E-state index contributed by atoms with van der Waals surface area (Å²) >= 11 is 0. The van der Waals surface area contributed by atoms with Gasteiger partial charge < -0.3 is 14.5 Å². The number of ether oxygens (including phenoxy) is 1. The van der Waals surface area contributed by atoms with Crippen molar-refractivity contribution >= 4 is 11.7 Å². The number of carbonyl (C=O) groups is 1. The molecule has 5 atom stereocenters. The molecule has 2 saturated heterocycles. The monoisotopic (exact) mass is 423 g/mol. The number of nitrogens with one attached hydrogen (secondary N) is 1. The third-order valence-corrected chi connectivity index (χ3v) is 9.22. The van der Waals surface area contributed by atoms with Gasteiger partial charge in [-0.1, -0.05) is 31.2 Å². The molecule has 2 heterocycles. The molecular weight excluding hydrogens is 384 g/mol. The van der Waals surface area contributed by atoms with E-state index in [9.17, 15) is 4.79 Å². The molecular formula is C27H39N2O2+. The van der Waals surface area contributed by atoms with E-state index in [1.54, 1.807) is 4.90 Å². The van der Waals surface area contributed by atoms with E-state index in [0.717, 1.165) is 45.6 Å². The van der Waals surface area contributed by atoms with Crippen LogP contribution in [0.4, 0.5) is 5.69 Å². The Hall–Kier alpha value is -1.81. The molecule has 31 heavy (non-hydrogen) atoms. The number of piperazine rings is 1. The van der Waals surface area contributed by atoms with Crippen molar-refractivity contribution in [2.24, 2.45) is 23.2 Å². The van der Waals surface area contributed by atoms with Crippen molar-refractivity contribution in [1.29, 1.82) is 0 Å². The minimum absolute atomic E-state index is 0.0755. The number of carbonyl (C=O) groups excluding carboxylic acids is 1. The highest BCUT2D eigenvalue weighted by molar-refractivity contribution is 5.75. The van der Waals surface area contributed by atoms with E-state index >= 15 is 0 Å². The molecule has 0 spiro atoms. The zero-order chi connectivity index (χ0) is 21.8. The number of quaternary nitrogens is 1. The highest BCUT2D eigenvalue weighted by atomic mass is 16.6. The fourth-order valence-electron chi connectivity index (χ4n) is 7.15. The molecule has 4 aliphatic rings. The number of allylic oxidation sites excluding steroid dienone is 1. The Bertz CT molecular complexity index is 872. The van der Waals surface area contributed by atoms with E-state index < -0.39 is 0 Å². The van der Waals surface area contributed by atoms with Gasteiger partial charge in [0.1, 0.15) is 12.0 Å². The number of aryl methyl sites for hydroxylation is 1. The van der Waals surface area contributed by atoms with Crippen LogP contribution in [-0.2, 0) is 9.53 Å². The molecule has 1 aromatic rings. The van der Waals surface area contributed by atoms with Crippen molar-refractivity contribution in [2.75, 3.05) is 37.6 Å². The van der Waals surface area contributed by atoms with Crippen molar-refractivity contribution < 1.29 is 14.4 Å². The van der Waals surface area contributed by atoms with E-state index in [1.165, 1.54) is 41.6 Å². The van der Waals surface area contributed by atoms with Crippen LogP contribution in [0.15, 0.2) is 30.4 Å². The Morgan fingerprint density at radius 1 is 1.26 bits per heavy atom. The van der Waals surface area contributed by atoms with Gasteiger partial charge in [0.2, 0.25) is 0 Å². The number of fused-ring (bicyclic) bond motifs is 2. The van der Waals surface area contributed by atoms with Crippen LogP contribution in [-0.4, -0.2) is 44.8 Å². The largest absolute Gasteiger partial charge is 0.462 e. The van der Waals surface area contributed by atoms with Gasteiger partial charge in [-0.3, -0.25) is 4.79 Å². The fourth-order valence-corrected chi connectivity index (χ4v) is 7.15. The first-order chi connectivity index (χ1) is 14.9. The Morgan fingerprint density at radius 3 is 2.81 bits per heavy atom. The van der Waals surface area contributed by atoms with Gasteiger partial charge in [0.25, 0.3) is 0 Å². The van der Waals surface area contributed by atoms with E-state index in [4.69, 9.17) is 4.74 Å². The Balaban J connectivity index is 1.23. The molecule has 0 radical (unpaired) electrons. The molecule has 2 aliphatic heterocycles. The predicted molar refractivity (Wildman–Crippen MR) is 124 cm³/mol. The van der Waals surface area contributed by atoms with Crippen LogP contribution in [0.3, 0.4) is 0 Å². The van der Waals surface area contributed by atoms with Crippen molar-refractivity contribution in [2.45, 2.75) is 59.0 Å². The second-order valence-electron chi connectivity index (χ2n) is 11.1.